The van der Waals surface area contributed by atoms with Crippen LogP contribution in [0.5, 0.6) is 0 Å². The number of aliphatic hydroxyl groups is 1. The predicted octanol–water partition coefficient (Wildman–Crippen LogP) is 2.46. The maximum Gasteiger partial charge on any atom is 0.294 e. The number of rotatable bonds is 2. The number of anilines is 1. The fraction of sp³-hybridized carbons (Fsp3) is 0.500. The number of benzene rings is 1. The van der Waals surface area contributed by atoms with E-state index in [9.17, 15) is 15.2 Å². The SMILES string of the molecule is CC1CCN(c2c(Cl)cccc2[N+](=O)[O-])CC1O. The van der Waals surface area contributed by atoms with Gasteiger partial charge in [-0.05, 0) is 18.4 Å². The molecule has 2 unspecified atom stereocenters. The first kappa shape index (κ1) is 13.1. The molecule has 1 heterocycles. The molecule has 0 bridgehead atoms. The van der Waals surface area contributed by atoms with E-state index < -0.39 is 11.0 Å². The lowest BCUT2D eigenvalue weighted by Gasteiger charge is -2.35. The van der Waals surface area contributed by atoms with Crippen molar-refractivity contribution in [3.63, 3.8) is 0 Å². The van der Waals surface area contributed by atoms with E-state index in [2.05, 4.69) is 0 Å². The van der Waals surface area contributed by atoms with Crippen molar-refractivity contribution in [3.05, 3.63) is 33.3 Å². The van der Waals surface area contributed by atoms with Gasteiger partial charge in [0.05, 0.1) is 16.0 Å². The van der Waals surface area contributed by atoms with Crippen molar-refractivity contribution >= 4 is 23.0 Å². The summed E-state index contributed by atoms with van der Waals surface area (Å²) in [4.78, 5) is 12.4. The number of hydrogen-bond donors (Lipinski definition) is 1. The topological polar surface area (TPSA) is 66.6 Å². The van der Waals surface area contributed by atoms with Crippen molar-refractivity contribution in [1.29, 1.82) is 0 Å². The minimum Gasteiger partial charge on any atom is -0.391 e. The molecule has 0 aliphatic carbocycles. The molecule has 2 rings (SSSR count). The fourth-order valence-electron chi connectivity index (χ4n) is 2.22. The quantitative estimate of drug-likeness (QED) is 0.662. The van der Waals surface area contributed by atoms with Crippen LogP contribution in [0.3, 0.4) is 0 Å². The lowest BCUT2D eigenvalue weighted by atomic mass is 9.95. The van der Waals surface area contributed by atoms with Gasteiger partial charge in [-0.1, -0.05) is 24.6 Å². The second-order valence-electron chi connectivity index (χ2n) is 4.64. The molecule has 2 atom stereocenters. The van der Waals surface area contributed by atoms with Gasteiger partial charge in [0, 0.05) is 19.2 Å². The van der Waals surface area contributed by atoms with Crippen molar-refractivity contribution in [1.82, 2.24) is 0 Å². The summed E-state index contributed by atoms with van der Waals surface area (Å²) >= 11 is 6.06. The van der Waals surface area contributed by atoms with Gasteiger partial charge in [0.1, 0.15) is 5.69 Å². The molecule has 0 spiro atoms. The van der Waals surface area contributed by atoms with Crippen LogP contribution in [0.25, 0.3) is 0 Å². The first-order chi connectivity index (χ1) is 8.50. The highest BCUT2D eigenvalue weighted by Crippen LogP contribution is 2.37. The molecule has 0 saturated carbocycles. The predicted molar refractivity (Wildman–Crippen MR) is 70.1 cm³/mol. The van der Waals surface area contributed by atoms with E-state index in [1.165, 1.54) is 6.07 Å². The molecule has 1 aliphatic heterocycles. The molecule has 1 aromatic rings. The van der Waals surface area contributed by atoms with Gasteiger partial charge in [0.15, 0.2) is 0 Å². The van der Waals surface area contributed by atoms with Crippen LogP contribution < -0.4 is 4.90 Å². The lowest BCUT2D eigenvalue weighted by Crippen LogP contribution is -2.43. The molecule has 0 aromatic heterocycles. The highest BCUT2D eigenvalue weighted by molar-refractivity contribution is 6.33. The van der Waals surface area contributed by atoms with E-state index in [1.54, 1.807) is 17.0 Å². The molecule has 1 N–H and O–H groups in total. The van der Waals surface area contributed by atoms with Gasteiger partial charge in [0.25, 0.3) is 5.69 Å². The number of β-amino-alcohol motifs (C(OH)–C–C–N with tert-alkyl or cyclic N) is 1. The third-order valence-corrected chi connectivity index (χ3v) is 3.70. The standard InChI is InChI=1S/C12H15ClN2O3/c1-8-5-6-14(7-11(8)16)12-9(13)3-2-4-10(12)15(17)18/h2-4,8,11,16H,5-7H2,1H3. The lowest BCUT2D eigenvalue weighted by molar-refractivity contribution is -0.384. The van der Waals surface area contributed by atoms with Crippen LogP contribution in [-0.2, 0) is 0 Å². The zero-order chi connectivity index (χ0) is 13.3. The Bertz CT molecular complexity index is 467. The largest absolute Gasteiger partial charge is 0.391 e. The molecule has 98 valence electrons. The first-order valence-corrected chi connectivity index (χ1v) is 6.24. The summed E-state index contributed by atoms with van der Waals surface area (Å²) in [6, 6.07) is 4.63. The summed E-state index contributed by atoms with van der Waals surface area (Å²) in [5, 5.41) is 21.2. The summed E-state index contributed by atoms with van der Waals surface area (Å²) in [7, 11) is 0. The monoisotopic (exact) mass is 270 g/mol. The van der Waals surface area contributed by atoms with E-state index >= 15 is 0 Å². The normalized spacial score (nSPS) is 24.1. The number of nitro groups is 1. The second-order valence-corrected chi connectivity index (χ2v) is 5.05. The Morgan fingerprint density at radius 3 is 2.89 bits per heavy atom. The third kappa shape index (κ3) is 2.42. The minimum absolute atomic E-state index is 0.00995. The van der Waals surface area contributed by atoms with Gasteiger partial charge in [-0.25, -0.2) is 0 Å². The summed E-state index contributed by atoms with van der Waals surface area (Å²) in [5.74, 6) is 0.211. The Hall–Kier alpha value is -1.33. The van der Waals surface area contributed by atoms with Gasteiger partial charge in [0.2, 0.25) is 0 Å². The number of halogens is 1. The van der Waals surface area contributed by atoms with Crippen LogP contribution in [0.4, 0.5) is 11.4 Å². The highest BCUT2D eigenvalue weighted by Gasteiger charge is 2.29. The van der Waals surface area contributed by atoms with E-state index in [4.69, 9.17) is 11.6 Å². The number of piperidine rings is 1. The number of aliphatic hydroxyl groups excluding tert-OH is 1. The number of para-hydroxylation sites is 1. The zero-order valence-corrected chi connectivity index (χ0v) is 10.8. The molecule has 0 amide bonds. The van der Waals surface area contributed by atoms with Crippen LogP contribution in [0, 0.1) is 16.0 Å². The van der Waals surface area contributed by atoms with Gasteiger partial charge in [-0.2, -0.15) is 0 Å². The molecule has 5 nitrogen and oxygen atoms in total. The smallest absolute Gasteiger partial charge is 0.294 e. The number of nitrogens with zero attached hydrogens (tertiary/aromatic N) is 2. The maximum atomic E-state index is 11.0. The number of nitro benzene ring substituents is 1. The second kappa shape index (κ2) is 5.12. The Morgan fingerprint density at radius 2 is 2.28 bits per heavy atom. The molecule has 1 aliphatic rings. The van der Waals surface area contributed by atoms with Gasteiger partial charge >= 0.3 is 0 Å². The Balaban J connectivity index is 2.36. The van der Waals surface area contributed by atoms with Gasteiger partial charge in [-0.15, -0.1) is 0 Å². The van der Waals surface area contributed by atoms with Crippen molar-refractivity contribution in [2.75, 3.05) is 18.0 Å². The van der Waals surface area contributed by atoms with E-state index in [-0.39, 0.29) is 11.6 Å². The van der Waals surface area contributed by atoms with Crippen LogP contribution >= 0.6 is 11.6 Å². The highest BCUT2D eigenvalue weighted by atomic mass is 35.5. The summed E-state index contributed by atoms with van der Waals surface area (Å²) in [6.45, 7) is 3.03. The van der Waals surface area contributed by atoms with Crippen LogP contribution in [-0.4, -0.2) is 29.2 Å². The van der Waals surface area contributed by atoms with Crippen LogP contribution in [0.1, 0.15) is 13.3 Å². The summed E-state index contributed by atoms with van der Waals surface area (Å²) in [6.07, 6.45) is 0.318. The van der Waals surface area contributed by atoms with Crippen LogP contribution in [0.15, 0.2) is 18.2 Å². The minimum atomic E-state index is -0.477. The summed E-state index contributed by atoms with van der Waals surface area (Å²) in [5.41, 5.74) is 0.402. The Kier molecular flexibility index (Phi) is 3.73. The van der Waals surface area contributed by atoms with E-state index in [0.29, 0.717) is 23.8 Å². The third-order valence-electron chi connectivity index (χ3n) is 3.40. The molecule has 1 fully saturated rings. The van der Waals surface area contributed by atoms with E-state index in [0.717, 1.165) is 6.42 Å². The molecule has 18 heavy (non-hydrogen) atoms. The molecule has 1 aromatic carbocycles. The first-order valence-electron chi connectivity index (χ1n) is 5.86. The molecule has 0 radical (unpaired) electrons. The molecule has 6 heteroatoms. The molecular formula is C12H15ClN2O3. The molecular weight excluding hydrogens is 256 g/mol. The average molecular weight is 271 g/mol. The van der Waals surface area contributed by atoms with Gasteiger partial charge in [-0.3, -0.25) is 10.1 Å². The maximum absolute atomic E-state index is 11.0. The van der Waals surface area contributed by atoms with Crippen molar-refractivity contribution in [2.45, 2.75) is 19.4 Å². The van der Waals surface area contributed by atoms with E-state index in [1.807, 2.05) is 6.92 Å². The van der Waals surface area contributed by atoms with Crippen molar-refractivity contribution in [3.8, 4) is 0 Å². The van der Waals surface area contributed by atoms with Crippen LogP contribution in [0.2, 0.25) is 5.02 Å². The van der Waals surface area contributed by atoms with Crippen molar-refractivity contribution < 1.29 is 10.0 Å². The van der Waals surface area contributed by atoms with Crippen molar-refractivity contribution in [2.24, 2.45) is 5.92 Å². The number of hydrogen-bond acceptors (Lipinski definition) is 4. The average Bonchev–Trinajstić information content (AvgIpc) is 2.32. The zero-order valence-electron chi connectivity index (χ0n) is 10.0. The van der Waals surface area contributed by atoms with Gasteiger partial charge < -0.3 is 10.0 Å². The Morgan fingerprint density at radius 1 is 1.56 bits per heavy atom. The molecule has 1 saturated heterocycles. The Labute approximate surface area is 110 Å². The fourth-order valence-corrected chi connectivity index (χ4v) is 2.51. The summed E-state index contributed by atoms with van der Waals surface area (Å²) < 4.78 is 0.